The first-order valence-electron chi connectivity index (χ1n) is 7.19. The smallest absolute Gasteiger partial charge is 0.0532 e. The van der Waals surface area contributed by atoms with E-state index in [1.54, 1.807) is 0 Å². The first kappa shape index (κ1) is 12.4. The van der Waals surface area contributed by atoms with Gasteiger partial charge in [-0.3, -0.25) is 5.10 Å². The van der Waals surface area contributed by atoms with E-state index in [0.29, 0.717) is 12.0 Å². The van der Waals surface area contributed by atoms with Crippen molar-refractivity contribution >= 4 is 0 Å². The van der Waals surface area contributed by atoms with Gasteiger partial charge >= 0.3 is 0 Å². The van der Waals surface area contributed by atoms with Crippen molar-refractivity contribution in [1.29, 1.82) is 0 Å². The summed E-state index contributed by atoms with van der Waals surface area (Å²) in [6, 6.07) is 11.5. The lowest BCUT2D eigenvalue weighted by atomic mass is 9.80. The molecule has 3 nitrogen and oxygen atoms in total. The third-order valence-corrected chi connectivity index (χ3v) is 4.12. The second-order valence-electron chi connectivity index (χ2n) is 5.40. The molecule has 1 aromatic carbocycles. The fraction of sp³-hybridized carbons (Fsp3) is 0.438. The van der Waals surface area contributed by atoms with Gasteiger partial charge in [0.1, 0.15) is 0 Å². The largest absolute Gasteiger partial charge is 0.309 e. The Morgan fingerprint density at radius 2 is 2.00 bits per heavy atom. The van der Waals surface area contributed by atoms with Gasteiger partial charge in [0.15, 0.2) is 0 Å². The van der Waals surface area contributed by atoms with E-state index in [1.165, 1.54) is 36.8 Å². The van der Waals surface area contributed by atoms with Crippen LogP contribution in [0.3, 0.4) is 0 Å². The zero-order valence-electron chi connectivity index (χ0n) is 11.2. The van der Waals surface area contributed by atoms with Crippen LogP contribution in [0.25, 0.3) is 0 Å². The van der Waals surface area contributed by atoms with Crippen LogP contribution < -0.4 is 5.32 Å². The Kier molecular flexibility index (Phi) is 3.94. The highest BCUT2D eigenvalue weighted by atomic mass is 15.1. The molecule has 0 spiro atoms. The Labute approximate surface area is 114 Å². The number of hydrogen-bond acceptors (Lipinski definition) is 2. The van der Waals surface area contributed by atoms with Crippen molar-refractivity contribution < 1.29 is 0 Å². The quantitative estimate of drug-likeness (QED) is 0.880. The summed E-state index contributed by atoms with van der Waals surface area (Å²) < 4.78 is 0. The Balaban J connectivity index is 1.67. The Hall–Kier alpha value is -1.61. The molecule has 1 saturated carbocycles. The summed E-state index contributed by atoms with van der Waals surface area (Å²) in [4.78, 5) is 0. The molecule has 0 bridgehead atoms. The molecule has 2 N–H and O–H groups in total. The fourth-order valence-electron chi connectivity index (χ4n) is 3.10. The normalized spacial score (nSPS) is 23.4. The van der Waals surface area contributed by atoms with Crippen LogP contribution in [0.15, 0.2) is 42.7 Å². The molecular weight excluding hydrogens is 234 g/mol. The van der Waals surface area contributed by atoms with Crippen LogP contribution in [0.2, 0.25) is 0 Å². The van der Waals surface area contributed by atoms with Crippen molar-refractivity contribution in [2.24, 2.45) is 0 Å². The van der Waals surface area contributed by atoms with E-state index in [9.17, 15) is 0 Å². The first-order chi connectivity index (χ1) is 9.43. The standard InChI is InChI=1S/C16H21N3/c1-2-6-14(7-3-1)15-8-4-5-9-16(15)17-10-13-11-18-19-12-13/h1-3,6-7,11-12,15-17H,4-5,8-10H2,(H,18,19). The highest BCUT2D eigenvalue weighted by molar-refractivity contribution is 5.22. The number of aromatic amines is 1. The van der Waals surface area contributed by atoms with Crippen LogP contribution >= 0.6 is 0 Å². The van der Waals surface area contributed by atoms with Crippen LogP contribution in [-0.4, -0.2) is 16.2 Å². The lowest BCUT2D eigenvalue weighted by molar-refractivity contribution is 0.326. The molecule has 3 heteroatoms. The van der Waals surface area contributed by atoms with Crippen molar-refractivity contribution in [3.63, 3.8) is 0 Å². The number of nitrogens with one attached hydrogen (secondary N) is 2. The molecule has 0 amide bonds. The van der Waals surface area contributed by atoms with Crippen LogP contribution in [0.5, 0.6) is 0 Å². The molecule has 1 fully saturated rings. The van der Waals surface area contributed by atoms with Gasteiger partial charge in [-0.1, -0.05) is 43.2 Å². The van der Waals surface area contributed by atoms with Crippen molar-refractivity contribution in [2.75, 3.05) is 0 Å². The van der Waals surface area contributed by atoms with E-state index in [-0.39, 0.29) is 0 Å². The molecule has 1 aromatic heterocycles. The van der Waals surface area contributed by atoms with Crippen LogP contribution in [0.4, 0.5) is 0 Å². The van der Waals surface area contributed by atoms with Gasteiger partial charge in [-0.15, -0.1) is 0 Å². The maximum absolute atomic E-state index is 4.00. The summed E-state index contributed by atoms with van der Waals surface area (Å²) in [5.41, 5.74) is 2.71. The van der Waals surface area contributed by atoms with E-state index in [1.807, 2.05) is 12.4 Å². The molecule has 100 valence electrons. The van der Waals surface area contributed by atoms with Crippen LogP contribution in [-0.2, 0) is 6.54 Å². The highest BCUT2D eigenvalue weighted by Crippen LogP contribution is 2.33. The molecule has 3 rings (SSSR count). The average molecular weight is 255 g/mol. The molecule has 2 aromatic rings. The van der Waals surface area contributed by atoms with Crippen molar-refractivity contribution in [2.45, 2.75) is 44.2 Å². The summed E-state index contributed by atoms with van der Waals surface area (Å²) >= 11 is 0. The molecule has 2 unspecified atom stereocenters. The predicted molar refractivity (Wildman–Crippen MR) is 76.9 cm³/mol. The average Bonchev–Trinajstić information content (AvgIpc) is 3.00. The van der Waals surface area contributed by atoms with Gasteiger partial charge in [0.2, 0.25) is 0 Å². The minimum Gasteiger partial charge on any atom is -0.309 e. The minimum absolute atomic E-state index is 0.589. The molecule has 1 aliphatic carbocycles. The predicted octanol–water partition coefficient (Wildman–Crippen LogP) is 3.23. The van der Waals surface area contributed by atoms with E-state index < -0.39 is 0 Å². The maximum atomic E-state index is 4.00. The number of rotatable bonds is 4. The van der Waals surface area contributed by atoms with Gasteiger partial charge < -0.3 is 5.32 Å². The number of aromatic nitrogens is 2. The van der Waals surface area contributed by atoms with E-state index >= 15 is 0 Å². The second-order valence-corrected chi connectivity index (χ2v) is 5.40. The third kappa shape index (κ3) is 3.04. The zero-order valence-corrected chi connectivity index (χ0v) is 11.2. The summed E-state index contributed by atoms with van der Waals surface area (Å²) in [5, 5.41) is 10.6. The van der Waals surface area contributed by atoms with E-state index in [4.69, 9.17) is 0 Å². The van der Waals surface area contributed by atoms with E-state index in [2.05, 4.69) is 45.8 Å². The van der Waals surface area contributed by atoms with Gasteiger partial charge in [0.25, 0.3) is 0 Å². The molecule has 0 aliphatic heterocycles. The SMILES string of the molecule is c1ccc(C2CCCCC2NCc2cn[nH]c2)cc1. The minimum atomic E-state index is 0.589. The van der Waals surface area contributed by atoms with Gasteiger partial charge in [-0.05, 0) is 24.3 Å². The zero-order chi connectivity index (χ0) is 12.9. The Bertz CT molecular complexity index is 478. The summed E-state index contributed by atoms with van der Waals surface area (Å²) in [6.45, 7) is 0.907. The third-order valence-electron chi connectivity index (χ3n) is 4.12. The number of hydrogen-bond donors (Lipinski definition) is 2. The number of nitrogens with zero attached hydrogens (tertiary/aromatic N) is 1. The lowest BCUT2D eigenvalue weighted by Gasteiger charge is -2.32. The van der Waals surface area contributed by atoms with Gasteiger partial charge in [0.05, 0.1) is 6.20 Å². The second kappa shape index (κ2) is 6.02. The summed E-state index contributed by atoms with van der Waals surface area (Å²) in [6.07, 6.45) is 9.13. The van der Waals surface area contributed by atoms with Crippen molar-refractivity contribution in [3.05, 3.63) is 53.9 Å². The van der Waals surface area contributed by atoms with Crippen molar-refractivity contribution in [3.8, 4) is 0 Å². The summed E-state index contributed by atoms with van der Waals surface area (Å²) in [5.74, 6) is 0.654. The topological polar surface area (TPSA) is 40.7 Å². The highest BCUT2D eigenvalue weighted by Gasteiger charge is 2.25. The first-order valence-corrected chi connectivity index (χ1v) is 7.19. The Morgan fingerprint density at radius 3 is 2.79 bits per heavy atom. The Morgan fingerprint density at radius 1 is 1.16 bits per heavy atom. The summed E-state index contributed by atoms with van der Waals surface area (Å²) in [7, 11) is 0. The molecule has 1 heterocycles. The number of H-pyrrole nitrogens is 1. The number of benzene rings is 1. The van der Waals surface area contributed by atoms with Crippen molar-refractivity contribution in [1.82, 2.24) is 15.5 Å². The van der Waals surface area contributed by atoms with Gasteiger partial charge in [-0.2, -0.15) is 5.10 Å². The molecule has 1 aliphatic rings. The fourth-order valence-corrected chi connectivity index (χ4v) is 3.10. The molecule has 0 radical (unpaired) electrons. The molecule has 2 atom stereocenters. The van der Waals surface area contributed by atoms with Crippen LogP contribution in [0.1, 0.15) is 42.7 Å². The molecular formula is C16H21N3. The maximum Gasteiger partial charge on any atom is 0.0532 e. The van der Waals surface area contributed by atoms with Gasteiger partial charge in [-0.25, -0.2) is 0 Å². The molecule has 19 heavy (non-hydrogen) atoms. The lowest BCUT2D eigenvalue weighted by Crippen LogP contribution is -2.36. The van der Waals surface area contributed by atoms with E-state index in [0.717, 1.165) is 6.54 Å². The van der Waals surface area contributed by atoms with Gasteiger partial charge in [0, 0.05) is 24.3 Å². The molecule has 0 saturated heterocycles. The monoisotopic (exact) mass is 255 g/mol. The van der Waals surface area contributed by atoms with Crippen LogP contribution in [0, 0.1) is 0 Å².